The molecule has 0 aliphatic heterocycles. The molecule has 0 fully saturated rings. The van der Waals surface area contributed by atoms with Crippen LogP contribution < -0.4 is 0 Å². The summed E-state index contributed by atoms with van der Waals surface area (Å²) in [6.07, 6.45) is 0. The van der Waals surface area contributed by atoms with E-state index in [0.29, 0.717) is 10.6 Å². The maximum atomic E-state index is 10.6. The monoisotopic (exact) mass is 228 g/mol. The van der Waals surface area contributed by atoms with Gasteiger partial charge in [0.25, 0.3) is 0 Å². The molecule has 0 saturated carbocycles. The molecule has 14 heavy (non-hydrogen) atoms. The Balaban J connectivity index is 3.13. The summed E-state index contributed by atoms with van der Waals surface area (Å²) in [5.41, 5.74) is 0.673. The lowest BCUT2D eigenvalue weighted by Gasteiger charge is -1.97. The van der Waals surface area contributed by atoms with Crippen molar-refractivity contribution in [1.82, 2.24) is 0 Å². The summed E-state index contributed by atoms with van der Waals surface area (Å²) in [6.45, 7) is 0. The van der Waals surface area contributed by atoms with Crippen LogP contribution in [-0.2, 0) is 0 Å². The van der Waals surface area contributed by atoms with Crippen molar-refractivity contribution in [2.24, 2.45) is 0 Å². The van der Waals surface area contributed by atoms with Gasteiger partial charge in [0.05, 0.1) is 11.4 Å². The maximum Gasteiger partial charge on any atom is 0.335 e. The van der Waals surface area contributed by atoms with Gasteiger partial charge in [-0.15, -0.1) is 11.6 Å². The summed E-state index contributed by atoms with van der Waals surface area (Å²) >= 11 is 11.1. The first-order chi connectivity index (χ1) is 6.63. The zero-order chi connectivity index (χ0) is 10.6. The van der Waals surface area contributed by atoms with E-state index < -0.39 is 5.97 Å². The third kappa shape index (κ3) is 2.95. The molecule has 1 N–H and O–H groups in total. The van der Waals surface area contributed by atoms with Crippen molar-refractivity contribution in [3.8, 4) is 11.8 Å². The number of benzene rings is 1. The van der Waals surface area contributed by atoms with E-state index >= 15 is 0 Å². The molecule has 2 nitrogen and oxygen atoms in total. The van der Waals surface area contributed by atoms with Crippen LogP contribution in [0.1, 0.15) is 15.9 Å². The fraction of sp³-hybridized carbons (Fsp3) is 0.100. The third-order valence-corrected chi connectivity index (χ3v) is 1.80. The lowest BCUT2D eigenvalue weighted by atomic mass is 10.1. The van der Waals surface area contributed by atoms with Crippen LogP contribution >= 0.6 is 23.2 Å². The summed E-state index contributed by atoms with van der Waals surface area (Å²) in [4.78, 5) is 10.6. The second kappa shape index (κ2) is 4.90. The summed E-state index contributed by atoms with van der Waals surface area (Å²) in [7, 11) is 0. The minimum Gasteiger partial charge on any atom is -0.478 e. The molecular formula is C10H6Cl2O2. The molecule has 0 radical (unpaired) electrons. The van der Waals surface area contributed by atoms with E-state index in [4.69, 9.17) is 28.3 Å². The first-order valence-corrected chi connectivity index (χ1v) is 4.63. The molecule has 0 spiro atoms. The van der Waals surface area contributed by atoms with Gasteiger partial charge in [-0.1, -0.05) is 23.4 Å². The molecule has 0 aliphatic rings. The number of carboxylic acid groups (broad SMARTS) is 1. The summed E-state index contributed by atoms with van der Waals surface area (Å²) < 4.78 is 0. The number of halogens is 2. The molecule has 0 saturated heterocycles. The smallest absolute Gasteiger partial charge is 0.335 e. The van der Waals surface area contributed by atoms with Crippen molar-refractivity contribution in [3.05, 3.63) is 34.3 Å². The van der Waals surface area contributed by atoms with Crippen LogP contribution in [-0.4, -0.2) is 17.0 Å². The van der Waals surface area contributed by atoms with E-state index in [1.807, 2.05) is 0 Å². The van der Waals surface area contributed by atoms with E-state index in [1.165, 1.54) is 12.1 Å². The molecule has 4 heteroatoms. The van der Waals surface area contributed by atoms with E-state index in [1.54, 1.807) is 6.07 Å². The van der Waals surface area contributed by atoms with Crippen molar-refractivity contribution in [2.75, 3.05) is 5.88 Å². The first-order valence-electron chi connectivity index (χ1n) is 3.72. The van der Waals surface area contributed by atoms with Crippen LogP contribution in [0.25, 0.3) is 0 Å². The molecule has 1 aromatic rings. The predicted molar refractivity (Wildman–Crippen MR) is 56.0 cm³/mol. The van der Waals surface area contributed by atoms with E-state index in [-0.39, 0.29) is 11.4 Å². The van der Waals surface area contributed by atoms with Crippen molar-refractivity contribution < 1.29 is 9.90 Å². The number of aromatic carboxylic acids is 1. The van der Waals surface area contributed by atoms with Crippen LogP contribution in [0.3, 0.4) is 0 Å². The van der Waals surface area contributed by atoms with Crippen LogP contribution in [0, 0.1) is 11.8 Å². The fourth-order valence-corrected chi connectivity index (χ4v) is 1.22. The molecule has 0 aliphatic carbocycles. The van der Waals surface area contributed by atoms with Gasteiger partial charge in [-0.2, -0.15) is 0 Å². The van der Waals surface area contributed by atoms with E-state index in [2.05, 4.69) is 11.8 Å². The Bertz CT molecular complexity index is 416. The summed E-state index contributed by atoms with van der Waals surface area (Å²) in [5, 5.41) is 9.08. The van der Waals surface area contributed by atoms with Crippen molar-refractivity contribution in [2.45, 2.75) is 0 Å². The van der Waals surface area contributed by atoms with Gasteiger partial charge in [-0.05, 0) is 18.2 Å². The molecule has 1 rings (SSSR count). The Labute approximate surface area is 91.5 Å². The highest BCUT2D eigenvalue weighted by Crippen LogP contribution is 2.14. The van der Waals surface area contributed by atoms with Gasteiger partial charge >= 0.3 is 5.97 Å². The average Bonchev–Trinajstić information content (AvgIpc) is 2.14. The highest BCUT2D eigenvalue weighted by atomic mass is 35.5. The molecule has 0 unspecified atom stereocenters. The summed E-state index contributed by atoms with van der Waals surface area (Å²) in [5.74, 6) is 4.50. The minimum absolute atomic E-state index is 0.122. The number of hydrogen-bond acceptors (Lipinski definition) is 1. The van der Waals surface area contributed by atoms with Gasteiger partial charge in [0.1, 0.15) is 0 Å². The molecule has 0 aromatic heterocycles. The maximum absolute atomic E-state index is 10.6. The number of rotatable bonds is 1. The molecule has 0 heterocycles. The predicted octanol–water partition coefficient (Wildman–Crippen LogP) is 2.63. The molecule has 1 aromatic carbocycles. The minimum atomic E-state index is -1.03. The van der Waals surface area contributed by atoms with Gasteiger partial charge in [-0.3, -0.25) is 0 Å². The van der Waals surface area contributed by atoms with Gasteiger partial charge in [0.15, 0.2) is 0 Å². The second-order valence-corrected chi connectivity index (χ2v) is 3.17. The number of carboxylic acids is 1. The molecule has 0 atom stereocenters. The van der Waals surface area contributed by atoms with Gasteiger partial charge in [-0.25, -0.2) is 4.79 Å². The Kier molecular flexibility index (Phi) is 3.82. The van der Waals surface area contributed by atoms with Gasteiger partial charge in [0, 0.05) is 10.6 Å². The van der Waals surface area contributed by atoms with E-state index in [0.717, 1.165) is 0 Å². The van der Waals surface area contributed by atoms with Crippen molar-refractivity contribution in [1.29, 1.82) is 0 Å². The third-order valence-electron chi connectivity index (χ3n) is 1.44. The topological polar surface area (TPSA) is 37.3 Å². The van der Waals surface area contributed by atoms with Gasteiger partial charge < -0.3 is 5.11 Å². The quantitative estimate of drug-likeness (QED) is 0.593. The highest BCUT2D eigenvalue weighted by Gasteiger charge is 2.04. The Morgan fingerprint density at radius 1 is 1.43 bits per heavy atom. The Hall–Kier alpha value is -1.17. The lowest BCUT2D eigenvalue weighted by Crippen LogP contribution is -1.96. The molecule has 0 bridgehead atoms. The number of alkyl halides is 1. The average molecular weight is 229 g/mol. The number of carbonyl (C=O) groups is 1. The van der Waals surface area contributed by atoms with Crippen LogP contribution in [0.2, 0.25) is 5.02 Å². The van der Waals surface area contributed by atoms with Crippen LogP contribution in [0.5, 0.6) is 0 Å². The van der Waals surface area contributed by atoms with E-state index in [9.17, 15) is 4.79 Å². The normalized spacial score (nSPS) is 9.00. The SMILES string of the molecule is O=C(O)c1cc(Cl)cc(C#CCCl)c1. The second-order valence-electron chi connectivity index (χ2n) is 2.47. The Morgan fingerprint density at radius 2 is 2.14 bits per heavy atom. The first kappa shape index (κ1) is 10.9. The zero-order valence-corrected chi connectivity index (χ0v) is 8.56. The largest absolute Gasteiger partial charge is 0.478 e. The summed E-state index contributed by atoms with van der Waals surface area (Å²) in [6, 6.07) is 4.41. The van der Waals surface area contributed by atoms with Crippen LogP contribution in [0.15, 0.2) is 18.2 Å². The molecular weight excluding hydrogens is 223 g/mol. The van der Waals surface area contributed by atoms with Gasteiger partial charge in [0.2, 0.25) is 0 Å². The van der Waals surface area contributed by atoms with Crippen molar-refractivity contribution in [3.63, 3.8) is 0 Å². The molecule has 0 amide bonds. The standard InChI is InChI=1S/C10H6Cl2O2/c11-3-1-2-7-4-8(10(13)14)6-9(12)5-7/h4-6H,3H2,(H,13,14). The zero-order valence-electron chi connectivity index (χ0n) is 7.05. The Morgan fingerprint density at radius 3 is 2.71 bits per heavy atom. The number of hydrogen-bond donors (Lipinski definition) is 1. The fourth-order valence-electron chi connectivity index (χ4n) is 0.921. The lowest BCUT2D eigenvalue weighted by molar-refractivity contribution is 0.0697. The molecule has 72 valence electrons. The highest BCUT2D eigenvalue weighted by molar-refractivity contribution is 6.31. The van der Waals surface area contributed by atoms with Crippen LogP contribution in [0.4, 0.5) is 0 Å². The van der Waals surface area contributed by atoms with Crippen molar-refractivity contribution >= 4 is 29.2 Å².